The second kappa shape index (κ2) is 5.49. The molecule has 0 aromatic carbocycles. The molecular formula is C14H24N2S. The van der Waals surface area contributed by atoms with Crippen LogP contribution in [0.25, 0.3) is 0 Å². The first kappa shape index (κ1) is 13.0. The molecular weight excluding hydrogens is 228 g/mol. The van der Waals surface area contributed by atoms with E-state index in [4.69, 9.17) is 4.98 Å². The Kier molecular flexibility index (Phi) is 4.21. The summed E-state index contributed by atoms with van der Waals surface area (Å²) in [6.07, 6.45) is 6.72. The topological polar surface area (TPSA) is 24.9 Å². The van der Waals surface area contributed by atoms with Gasteiger partial charge in [0.05, 0.1) is 10.7 Å². The summed E-state index contributed by atoms with van der Waals surface area (Å²) >= 11 is 1.89. The first-order chi connectivity index (χ1) is 8.15. The van der Waals surface area contributed by atoms with Crippen LogP contribution in [-0.2, 0) is 6.42 Å². The Morgan fingerprint density at radius 3 is 2.53 bits per heavy atom. The highest BCUT2D eigenvalue weighted by Gasteiger charge is 2.34. The molecule has 1 fully saturated rings. The number of aryl methyl sites for hydroxylation is 2. The van der Waals surface area contributed by atoms with E-state index in [9.17, 15) is 0 Å². The van der Waals surface area contributed by atoms with E-state index in [0.29, 0.717) is 5.41 Å². The summed E-state index contributed by atoms with van der Waals surface area (Å²) in [6.45, 7) is 8.75. The van der Waals surface area contributed by atoms with Crippen LogP contribution in [0.3, 0.4) is 0 Å². The van der Waals surface area contributed by atoms with Gasteiger partial charge in [0.1, 0.15) is 0 Å². The fraction of sp³-hybridized carbons (Fsp3) is 0.786. The van der Waals surface area contributed by atoms with Crippen molar-refractivity contribution in [1.29, 1.82) is 0 Å². The number of hydrogen-bond acceptors (Lipinski definition) is 3. The Morgan fingerprint density at radius 2 is 2.00 bits per heavy atom. The van der Waals surface area contributed by atoms with Crippen molar-refractivity contribution in [3.05, 3.63) is 15.6 Å². The molecule has 2 nitrogen and oxygen atoms in total. The lowest BCUT2D eigenvalue weighted by molar-refractivity contribution is 0.280. The molecule has 1 aliphatic rings. The molecule has 1 aromatic heterocycles. The van der Waals surface area contributed by atoms with Gasteiger partial charge in [0, 0.05) is 17.8 Å². The van der Waals surface area contributed by atoms with Gasteiger partial charge in [-0.15, -0.1) is 11.3 Å². The van der Waals surface area contributed by atoms with Gasteiger partial charge in [0.25, 0.3) is 0 Å². The van der Waals surface area contributed by atoms with Crippen molar-refractivity contribution in [1.82, 2.24) is 10.3 Å². The molecule has 2 rings (SSSR count). The van der Waals surface area contributed by atoms with E-state index in [-0.39, 0.29) is 0 Å². The van der Waals surface area contributed by atoms with Gasteiger partial charge in [-0.05, 0) is 38.6 Å². The summed E-state index contributed by atoms with van der Waals surface area (Å²) < 4.78 is 0. The van der Waals surface area contributed by atoms with Crippen molar-refractivity contribution in [3.8, 4) is 0 Å². The molecule has 1 saturated carbocycles. The summed E-state index contributed by atoms with van der Waals surface area (Å²) in [4.78, 5) is 6.10. The predicted molar refractivity (Wildman–Crippen MR) is 74.7 cm³/mol. The molecule has 0 unspecified atom stereocenters. The van der Waals surface area contributed by atoms with Crippen LogP contribution in [-0.4, -0.2) is 18.1 Å². The Morgan fingerprint density at radius 1 is 1.29 bits per heavy atom. The van der Waals surface area contributed by atoms with E-state index < -0.39 is 0 Å². The molecule has 0 saturated heterocycles. The molecule has 1 N–H and O–H groups in total. The van der Waals surface area contributed by atoms with Crippen molar-refractivity contribution in [2.24, 2.45) is 5.41 Å². The Balaban J connectivity index is 2.06. The van der Waals surface area contributed by atoms with Gasteiger partial charge in [0.15, 0.2) is 0 Å². The van der Waals surface area contributed by atoms with Crippen LogP contribution in [0.1, 0.15) is 48.2 Å². The smallest absolute Gasteiger partial charge is 0.0936 e. The Hall–Kier alpha value is -0.410. The molecule has 0 aliphatic heterocycles. The zero-order valence-corrected chi connectivity index (χ0v) is 12.1. The quantitative estimate of drug-likeness (QED) is 0.868. The van der Waals surface area contributed by atoms with Crippen molar-refractivity contribution in [3.63, 3.8) is 0 Å². The second-order valence-electron chi connectivity index (χ2n) is 5.41. The SMILES string of the molecule is CCNCC1(Cc2nc(C)c(C)s2)CCCC1. The largest absolute Gasteiger partial charge is 0.316 e. The van der Waals surface area contributed by atoms with E-state index >= 15 is 0 Å². The van der Waals surface area contributed by atoms with Crippen molar-refractivity contribution >= 4 is 11.3 Å². The van der Waals surface area contributed by atoms with Crippen molar-refractivity contribution < 1.29 is 0 Å². The average Bonchev–Trinajstić information content (AvgIpc) is 2.86. The van der Waals surface area contributed by atoms with E-state index in [1.54, 1.807) is 0 Å². The molecule has 3 heteroatoms. The lowest BCUT2D eigenvalue weighted by Crippen LogP contribution is -2.33. The maximum absolute atomic E-state index is 4.72. The number of nitrogens with one attached hydrogen (secondary N) is 1. The fourth-order valence-corrected chi connectivity index (χ4v) is 3.97. The molecule has 1 heterocycles. The predicted octanol–water partition coefficient (Wildman–Crippen LogP) is 3.47. The fourth-order valence-electron chi connectivity index (χ4n) is 2.87. The first-order valence-corrected chi connectivity index (χ1v) is 7.60. The number of nitrogens with zero attached hydrogens (tertiary/aromatic N) is 1. The summed E-state index contributed by atoms with van der Waals surface area (Å²) in [5.74, 6) is 0. The van der Waals surface area contributed by atoms with Gasteiger partial charge in [-0.1, -0.05) is 19.8 Å². The standard InChI is InChI=1S/C14H24N2S/c1-4-15-10-14(7-5-6-8-14)9-13-16-11(2)12(3)17-13/h15H,4-10H2,1-3H3. The minimum Gasteiger partial charge on any atom is -0.316 e. The van der Waals surface area contributed by atoms with Gasteiger partial charge < -0.3 is 5.32 Å². The van der Waals surface area contributed by atoms with E-state index in [0.717, 1.165) is 6.54 Å². The zero-order valence-electron chi connectivity index (χ0n) is 11.3. The molecule has 96 valence electrons. The first-order valence-electron chi connectivity index (χ1n) is 6.79. The number of rotatable bonds is 5. The van der Waals surface area contributed by atoms with Crippen LogP contribution >= 0.6 is 11.3 Å². The maximum atomic E-state index is 4.72. The van der Waals surface area contributed by atoms with Crippen molar-refractivity contribution in [2.75, 3.05) is 13.1 Å². The third kappa shape index (κ3) is 3.08. The Bertz CT molecular complexity index is 345. The summed E-state index contributed by atoms with van der Waals surface area (Å²) in [5.41, 5.74) is 1.72. The van der Waals surface area contributed by atoms with Gasteiger partial charge in [-0.3, -0.25) is 0 Å². The van der Waals surface area contributed by atoms with Crippen LogP contribution in [0.2, 0.25) is 0 Å². The third-order valence-electron chi connectivity index (χ3n) is 4.01. The lowest BCUT2D eigenvalue weighted by atomic mass is 9.83. The van der Waals surface area contributed by atoms with E-state index in [1.807, 2.05) is 11.3 Å². The molecule has 1 aromatic rings. The average molecular weight is 252 g/mol. The molecule has 0 radical (unpaired) electrons. The highest BCUT2D eigenvalue weighted by Crippen LogP contribution is 2.41. The van der Waals surface area contributed by atoms with Gasteiger partial charge in [0.2, 0.25) is 0 Å². The minimum absolute atomic E-state index is 0.493. The molecule has 17 heavy (non-hydrogen) atoms. The number of hydrogen-bond donors (Lipinski definition) is 1. The normalized spacial score (nSPS) is 18.8. The third-order valence-corrected chi connectivity index (χ3v) is 5.09. The summed E-state index contributed by atoms with van der Waals surface area (Å²) in [6, 6.07) is 0. The van der Waals surface area contributed by atoms with E-state index in [2.05, 4.69) is 26.1 Å². The summed E-state index contributed by atoms with van der Waals surface area (Å²) in [5, 5.41) is 4.90. The zero-order chi connectivity index (χ0) is 12.3. The van der Waals surface area contributed by atoms with Crippen LogP contribution in [0, 0.1) is 19.3 Å². The van der Waals surface area contributed by atoms with Gasteiger partial charge in [-0.2, -0.15) is 0 Å². The monoisotopic (exact) mass is 252 g/mol. The van der Waals surface area contributed by atoms with Crippen LogP contribution in [0.15, 0.2) is 0 Å². The molecule has 1 aliphatic carbocycles. The maximum Gasteiger partial charge on any atom is 0.0936 e. The van der Waals surface area contributed by atoms with Gasteiger partial charge >= 0.3 is 0 Å². The highest BCUT2D eigenvalue weighted by atomic mass is 32.1. The minimum atomic E-state index is 0.493. The molecule has 0 bridgehead atoms. The number of thiazole rings is 1. The van der Waals surface area contributed by atoms with Crippen LogP contribution in [0.4, 0.5) is 0 Å². The van der Waals surface area contributed by atoms with Crippen molar-refractivity contribution in [2.45, 2.75) is 52.9 Å². The lowest BCUT2D eigenvalue weighted by Gasteiger charge is -2.28. The summed E-state index contributed by atoms with van der Waals surface area (Å²) in [7, 11) is 0. The highest BCUT2D eigenvalue weighted by molar-refractivity contribution is 7.11. The second-order valence-corrected chi connectivity index (χ2v) is 6.70. The van der Waals surface area contributed by atoms with E-state index in [1.165, 1.54) is 54.2 Å². The molecule has 0 spiro atoms. The van der Waals surface area contributed by atoms with Crippen LogP contribution < -0.4 is 5.32 Å². The molecule has 0 atom stereocenters. The molecule has 0 amide bonds. The Labute approximate surface area is 109 Å². The number of aromatic nitrogens is 1. The van der Waals surface area contributed by atoms with Crippen LogP contribution in [0.5, 0.6) is 0 Å². The van der Waals surface area contributed by atoms with Gasteiger partial charge in [-0.25, -0.2) is 4.98 Å².